The van der Waals surface area contributed by atoms with Gasteiger partial charge in [0.2, 0.25) is 10.0 Å². The summed E-state index contributed by atoms with van der Waals surface area (Å²) >= 11 is 13.0. The van der Waals surface area contributed by atoms with Crippen LogP contribution in [0, 0.1) is 0 Å². The van der Waals surface area contributed by atoms with Gasteiger partial charge in [0.15, 0.2) is 5.75 Å². The van der Waals surface area contributed by atoms with Crippen LogP contribution in [-0.4, -0.2) is 22.3 Å². The van der Waals surface area contributed by atoms with Crippen LogP contribution in [0.3, 0.4) is 0 Å². The van der Waals surface area contributed by atoms with Crippen molar-refractivity contribution in [1.82, 2.24) is 8.75 Å². The summed E-state index contributed by atoms with van der Waals surface area (Å²) in [6, 6.07) is 3.83. The van der Waals surface area contributed by atoms with Crippen LogP contribution in [0.25, 0.3) is 11.0 Å². The smallest absolute Gasteiger partial charge is 0.240 e. The van der Waals surface area contributed by atoms with Gasteiger partial charge < -0.3 is 5.11 Å². The Morgan fingerprint density at radius 2 is 1.79 bits per heavy atom. The van der Waals surface area contributed by atoms with E-state index in [-0.39, 0.29) is 48.0 Å². The van der Waals surface area contributed by atoms with Crippen molar-refractivity contribution < 1.29 is 22.8 Å². The number of nitrogens with two attached hydrogens (primary N) is 2. The van der Waals surface area contributed by atoms with Crippen LogP contribution in [0.1, 0.15) is 0 Å². The number of phenols is 1. The van der Waals surface area contributed by atoms with E-state index in [1.165, 1.54) is 18.2 Å². The molecule has 2 aromatic carbocycles. The third-order valence-electron chi connectivity index (χ3n) is 3.18. The molecule has 0 aliphatic rings. The van der Waals surface area contributed by atoms with Gasteiger partial charge in [0, 0.05) is 0 Å². The van der Waals surface area contributed by atoms with Gasteiger partial charge in [-0.1, -0.05) is 23.2 Å². The number of fused-ring (bicyclic) bond motifs is 1. The lowest BCUT2D eigenvalue weighted by Gasteiger charge is -2.07. The lowest BCUT2D eigenvalue weighted by Crippen LogP contribution is -2.13. The number of primary sulfonamides is 1. The number of sulfonamides is 1. The van der Waals surface area contributed by atoms with Gasteiger partial charge in [0.25, 0.3) is 0 Å². The van der Waals surface area contributed by atoms with E-state index in [0.29, 0.717) is 12.0 Å². The Bertz CT molecular complexity index is 1160. The van der Waals surface area contributed by atoms with E-state index in [2.05, 4.69) is 28.3 Å². The molecule has 0 atom stereocenters. The summed E-state index contributed by atoms with van der Waals surface area (Å²) in [7, 11) is -4.12. The Morgan fingerprint density at radius 1 is 1.14 bits per heavy atom. The van der Waals surface area contributed by atoms with Crippen LogP contribution >= 0.6 is 47.0 Å². The van der Waals surface area contributed by atoms with Crippen molar-refractivity contribution in [3.8, 4) is 5.75 Å². The van der Waals surface area contributed by atoms with Gasteiger partial charge in [-0.15, -0.1) is 14.4 Å². The van der Waals surface area contributed by atoms with Gasteiger partial charge in [-0.05, 0) is 18.2 Å². The maximum Gasteiger partial charge on any atom is 0.240 e. The van der Waals surface area contributed by atoms with Crippen molar-refractivity contribution in [1.29, 1.82) is 0 Å². The molecule has 16 heteroatoms. The fraction of sp³-hybridized carbons (Fsp3) is 0. The minimum absolute atomic E-state index is 0.0150. The van der Waals surface area contributed by atoms with E-state index in [1.54, 1.807) is 0 Å². The topological polar surface area (TPSA) is 175 Å². The van der Waals surface area contributed by atoms with Crippen molar-refractivity contribution in [2.75, 3.05) is 0 Å². The van der Waals surface area contributed by atoms with Crippen LogP contribution in [0.5, 0.6) is 5.75 Å². The lowest BCUT2D eigenvalue weighted by atomic mass is 10.2. The minimum atomic E-state index is -4.12. The summed E-state index contributed by atoms with van der Waals surface area (Å²) in [6.45, 7) is 0. The van der Waals surface area contributed by atoms with Crippen LogP contribution in [0.4, 0.5) is 11.4 Å². The van der Waals surface area contributed by atoms with Crippen molar-refractivity contribution in [2.24, 2.45) is 21.3 Å². The molecule has 28 heavy (non-hydrogen) atoms. The first kappa shape index (κ1) is 21.1. The maximum atomic E-state index is 11.9. The minimum Gasteiger partial charge on any atom is -0.505 e. The van der Waals surface area contributed by atoms with Crippen LogP contribution < -0.4 is 11.0 Å². The maximum absolute atomic E-state index is 11.9. The molecule has 0 saturated heterocycles. The molecular formula is C12H8Cl2N6O5S3. The average Bonchev–Trinajstić information content (AvgIpc) is 3.10. The van der Waals surface area contributed by atoms with Gasteiger partial charge in [0.1, 0.15) is 21.6 Å². The molecule has 3 aromatic rings. The molecule has 0 bridgehead atoms. The summed E-state index contributed by atoms with van der Waals surface area (Å²) in [5.41, 5.74) is 0.450. The summed E-state index contributed by atoms with van der Waals surface area (Å²) in [5.74, 6) is 4.54. The highest BCUT2D eigenvalue weighted by molar-refractivity contribution is 7.94. The van der Waals surface area contributed by atoms with Crippen molar-refractivity contribution in [3.63, 3.8) is 0 Å². The zero-order valence-electron chi connectivity index (χ0n) is 13.2. The first-order chi connectivity index (χ1) is 13.2. The van der Waals surface area contributed by atoms with Crippen LogP contribution in [-0.2, 0) is 19.3 Å². The summed E-state index contributed by atoms with van der Waals surface area (Å²) < 4.78 is 36.3. The number of halogens is 2. The standard InChI is InChI=1S/C12H8Cl2N6O5S3/c13-5-1-4(2-6(14)12(5)21)17-18-9-7(26-25-24-15)3-8(28(16,22)23)10-11(9)20-27-19-10/h1-3,21H,15H2,(H2,16,22,23)/b18-17+. The second-order valence-electron chi connectivity index (χ2n) is 4.93. The molecule has 3 rings (SSSR count). The Morgan fingerprint density at radius 3 is 2.39 bits per heavy atom. The average molecular weight is 483 g/mol. The Kier molecular flexibility index (Phi) is 6.33. The van der Waals surface area contributed by atoms with Gasteiger partial charge in [-0.2, -0.15) is 19.8 Å². The first-order valence-electron chi connectivity index (χ1n) is 6.84. The van der Waals surface area contributed by atoms with Gasteiger partial charge in [-0.25, -0.2) is 13.6 Å². The number of benzene rings is 2. The Balaban J connectivity index is 2.18. The Hall–Kier alpha value is -1.62. The van der Waals surface area contributed by atoms with Gasteiger partial charge in [0.05, 0.1) is 44.4 Å². The number of hydrogen-bond donors (Lipinski definition) is 3. The molecule has 1 heterocycles. The highest BCUT2D eigenvalue weighted by Gasteiger charge is 2.23. The van der Waals surface area contributed by atoms with Crippen LogP contribution in [0.2, 0.25) is 10.0 Å². The monoisotopic (exact) mass is 482 g/mol. The number of rotatable bonds is 6. The fourth-order valence-electron chi connectivity index (χ4n) is 2.03. The molecular weight excluding hydrogens is 475 g/mol. The fourth-order valence-corrected chi connectivity index (χ4v) is 4.39. The molecule has 148 valence electrons. The molecule has 0 spiro atoms. The molecule has 0 saturated carbocycles. The third-order valence-corrected chi connectivity index (χ3v) is 5.84. The van der Waals surface area contributed by atoms with E-state index < -0.39 is 10.0 Å². The van der Waals surface area contributed by atoms with E-state index in [4.69, 9.17) is 34.2 Å². The van der Waals surface area contributed by atoms with E-state index in [1.807, 2.05) is 0 Å². The summed E-state index contributed by atoms with van der Waals surface area (Å²) in [4.78, 5) is 3.89. The number of aromatic hydroxyl groups is 1. The number of nitrogens with zero attached hydrogens (tertiary/aromatic N) is 4. The van der Waals surface area contributed by atoms with Crippen LogP contribution in [0.15, 0.2) is 38.2 Å². The molecule has 5 N–H and O–H groups in total. The molecule has 1 aromatic heterocycles. The van der Waals surface area contributed by atoms with E-state index >= 15 is 0 Å². The second-order valence-corrected chi connectivity index (χ2v) is 8.55. The SMILES string of the molecule is NOOSc1cc(S(N)(=O)=O)c2nsnc2c1/N=N/c1cc(Cl)c(O)c(Cl)c1. The predicted octanol–water partition coefficient (Wildman–Crippen LogP) is 3.60. The highest BCUT2D eigenvalue weighted by Crippen LogP contribution is 2.41. The second kappa shape index (κ2) is 8.40. The van der Waals surface area contributed by atoms with E-state index in [0.717, 1.165) is 11.7 Å². The van der Waals surface area contributed by atoms with Gasteiger partial charge in [-0.3, -0.25) is 0 Å². The molecule has 0 unspecified atom stereocenters. The summed E-state index contributed by atoms with van der Waals surface area (Å²) in [5, 5.41) is 22.8. The zero-order valence-corrected chi connectivity index (χ0v) is 17.2. The highest BCUT2D eigenvalue weighted by atomic mass is 35.5. The number of azo groups is 1. The zero-order chi connectivity index (χ0) is 20.5. The number of phenolic OH excluding ortho intramolecular Hbond substituents is 1. The lowest BCUT2D eigenvalue weighted by molar-refractivity contribution is -0.195. The van der Waals surface area contributed by atoms with Crippen molar-refractivity contribution in [3.05, 3.63) is 28.2 Å². The molecule has 0 fully saturated rings. The molecule has 11 nitrogen and oxygen atoms in total. The molecule has 0 amide bonds. The third kappa shape index (κ3) is 4.35. The quantitative estimate of drug-likeness (QED) is 0.205. The van der Waals surface area contributed by atoms with Crippen molar-refractivity contribution >= 4 is 79.4 Å². The van der Waals surface area contributed by atoms with E-state index in [9.17, 15) is 13.5 Å². The van der Waals surface area contributed by atoms with Crippen molar-refractivity contribution in [2.45, 2.75) is 9.79 Å². The van der Waals surface area contributed by atoms with Gasteiger partial charge >= 0.3 is 0 Å². The molecule has 0 aliphatic heterocycles. The molecule has 0 aliphatic carbocycles. The summed E-state index contributed by atoms with van der Waals surface area (Å²) in [6.07, 6.45) is 0. The largest absolute Gasteiger partial charge is 0.505 e. The normalized spacial score (nSPS) is 12.3. The number of hydrogen-bond acceptors (Lipinski definition) is 12. The predicted molar refractivity (Wildman–Crippen MR) is 103 cm³/mol. The number of aromatic nitrogens is 2. The Labute approximate surface area is 175 Å². The molecule has 0 radical (unpaired) electrons. The first-order valence-corrected chi connectivity index (χ1v) is 10.6.